The maximum atomic E-state index is 12.6. The summed E-state index contributed by atoms with van der Waals surface area (Å²) in [5, 5.41) is 22.1. The highest BCUT2D eigenvalue weighted by Crippen LogP contribution is 2.34. The van der Waals surface area contributed by atoms with Crippen LogP contribution in [0.2, 0.25) is 10.0 Å². The number of hydrogen-bond donors (Lipinski definition) is 5. The molecule has 7 N–H and O–H groups in total. The Kier molecular flexibility index (Phi) is 12.6. The zero-order chi connectivity index (χ0) is 22.4. The summed E-state index contributed by atoms with van der Waals surface area (Å²) >= 11 is 12.5. The van der Waals surface area contributed by atoms with Crippen molar-refractivity contribution in [3.63, 3.8) is 0 Å². The quantitative estimate of drug-likeness (QED) is 0.0547. The molecule has 0 saturated carbocycles. The standard InChI is InChI=1S/C19H30Cl2N6O3/c1-2-3-4-6-17(24-12-25-23)26-19(28)16(27-29)11-13-9-14(20)18(15(21)10-13)30-8-5-7-22/h9-10,12,17,29H,2-8,11,22-23H2,1H3,(H,24,25)(H,26,28). The second-order valence-electron chi connectivity index (χ2n) is 6.57. The second kappa shape index (κ2) is 14.7. The molecule has 0 spiro atoms. The lowest BCUT2D eigenvalue weighted by molar-refractivity contribution is -0.115. The van der Waals surface area contributed by atoms with Gasteiger partial charge in [0.1, 0.15) is 12.1 Å². The van der Waals surface area contributed by atoms with Crippen molar-refractivity contribution in [1.29, 1.82) is 0 Å². The molecule has 1 aromatic carbocycles. The minimum atomic E-state index is -0.535. The van der Waals surface area contributed by atoms with Crippen LogP contribution in [0.15, 0.2) is 22.4 Å². The summed E-state index contributed by atoms with van der Waals surface area (Å²) in [6.07, 6.45) is 5.21. The van der Waals surface area contributed by atoms with E-state index in [1.165, 1.54) is 6.34 Å². The molecule has 1 amide bonds. The number of hydrazone groups is 1. The maximum absolute atomic E-state index is 12.6. The number of halogens is 2. The minimum Gasteiger partial charge on any atom is -0.490 e. The van der Waals surface area contributed by atoms with Gasteiger partial charge in [0.15, 0.2) is 5.75 Å². The Balaban J connectivity index is 2.82. The van der Waals surface area contributed by atoms with Crippen LogP contribution in [0.25, 0.3) is 0 Å². The van der Waals surface area contributed by atoms with Crippen LogP contribution in [-0.4, -0.2) is 42.5 Å². The van der Waals surface area contributed by atoms with Crippen molar-refractivity contribution in [2.75, 3.05) is 13.2 Å². The van der Waals surface area contributed by atoms with E-state index in [9.17, 15) is 10.0 Å². The molecule has 30 heavy (non-hydrogen) atoms. The molecule has 1 rings (SSSR count). The molecule has 0 fully saturated rings. The fourth-order valence-electron chi connectivity index (χ4n) is 2.63. The predicted molar refractivity (Wildman–Crippen MR) is 120 cm³/mol. The summed E-state index contributed by atoms with van der Waals surface area (Å²) in [7, 11) is 0. The van der Waals surface area contributed by atoms with Crippen molar-refractivity contribution in [3.8, 4) is 5.75 Å². The average molecular weight is 461 g/mol. The summed E-state index contributed by atoms with van der Waals surface area (Å²) in [6.45, 7) is 2.97. The highest BCUT2D eigenvalue weighted by atomic mass is 35.5. The number of ether oxygens (including phenoxy) is 1. The van der Waals surface area contributed by atoms with Gasteiger partial charge in [0.25, 0.3) is 5.91 Å². The van der Waals surface area contributed by atoms with Crippen LogP contribution in [0, 0.1) is 0 Å². The average Bonchev–Trinajstić information content (AvgIpc) is 2.72. The van der Waals surface area contributed by atoms with Gasteiger partial charge in [0.05, 0.1) is 22.8 Å². The number of oxime groups is 1. The van der Waals surface area contributed by atoms with Crippen molar-refractivity contribution in [2.24, 2.45) is 21.8 Å². The number of hydrogen-bond acceptors (Lipinski definition) is 7. The predicted octanol–water partition coefficient (Wildman–Crippen LogP) is 2.61. The zero-order valence-corrected chi connectivity index (χ0v) is 18.5. The summed E-state index contributed by atoms with van der Waals surface area (Å²) < 4.78 is 5.54. The van der Waals surface area contributed by atoms with Crippen LogP contribution in [0.3, 0.4) is 0 Å². The number of unbranched alkanes of at least 4 members (excludes halogenated alkanes) is 2. The summed E-state index contributed by atoms with van der Waals surface area (Å²) in [5.74, 6) is 4.93. The van der Waals surface area contributed by atoms with E-state index in [2.05, 4.69) is 27.8 Å². The Bertz CT molecular complexity index is 707. The van der Waals surface area contributed by atoms with Crippen molar-refractivity contribution < 1.29 is 14.7 Å². The van der Waals surface area contributed by atoms with Crippen molar-refractivity contribution in [1.82, 2.24) is 10.6 Å². The number of nitrogens with two attached hydrogens (primary N) is 2. The molecule has 168 valence electrons. The van der Waals surface area contributed by atoms with Gasteiger partial charge in [-0.05, 0) is 43.5 Å². The number of amides is 1. The van der Waals surface area contributed by atoms with Gasteiger partial charge >= 0.3 is 0 Å². The second-order valence-corrected chi connectivity index (χ2v) is 7.38. The van der Waals surface area contributed by atoms with Crippen LogP contribution >= 0.6 is 23.2 Å². The Morgan fingerprint density at radius 3 is 2.57 bits per heavy atom. The summed E-state index contributed by atoms with van der Waals surface area (Å²) in [6, 6.07) is 3.23. The van der Waals surface area contributed by atoms with Crippen LogP contribution < -0.4 is 26.9 Å². The monoisotopic (exact) mass is 460 g/mol. The first kappa shape index (κ1) is 25.8. The third-order valence-corrected chi connectivity index (χ3v) is 4.72. The van der Waals surface area contributed by atoms with Crippen LogP contribution in [0.5, 0.6) is 5.75 Å². The first-order valence-electron chi connectivity index (χ1n) is 9.77. The number of carbonyl (C=O) groups is 1. The number of nitrogens with zero attached hydrogens (tertiary/aromatic N) is 2. The molecule has 9 nitrogen and oxygen atoms in total. The number of carbonyl (C=O) groups excluding carboxylic acids is 1. The molecule has 0 radical (unpaired) electrons. The molecular weight excluding hydrogens is 431 g/mol. The van der Waals surface area contributed by atoms with E-state index in [0.29, 0.717) is 47.4 Å². The van der Waals surface area contributed by atoms with Crippen molar-refractivity contribution in [3.05, 3.63) is 27.7 Å². The van der Waals surface area contributed by atoms with Gasteiger partial charge in [-0.3, -0.25) is 4.79 Å². The molecule has 0 saturated heterocycles. The molecule has 1 unspecified atom stereocenters. The van der Waals surface area contributed by atoms with Gasteiger partial charge in [0, 0.05) is 6.42 Å². The highest BCUT2D eigenvalue weighted by molar-refractivity contribution is 6.40. The molecular formula is C19H30Cl2N6O3. The van der Waals surface area contributed by atoms with E-state index in [-0.39, 0.29) is 12.1 Å². The van der Waals surface area contributed by atoms with E-state index in [4.69, 9.17) is 39.5 Å². The van der Waals surface area contributed by atoms with Crippen molar-refractivity contribution in [2.45, 2.75) is 51.6 Å². The van der Waals surface area contributed by atoms with Crippen molar-refractivity contribution >= 4 is 41.2 Å². The molecule has 1 atom stereocenters. The van der Waals surface area contributed by atoms with E-state index < -0.39 is 12.1 Å². The van der Waals surface area contributed by atoms with Crippen LogP contribution in [0.4, 0.5) is 0 Å². The molecule has 0 aliphatic rings. The number of rotatable bonds is 14. The van der Waals surface area contributed by atoms with E-state index >= 15 is 0 Å². The Morgan fingerprint density at radius 1 is 1.30 bits per heavy atom. The molecule has 0 aromatic heterocycles. The minimum absolute atomic E-state index is 0.0253. The molecule has 0 heterocycles. The topological polar surface area (TPSA) is 147 Å². The molecule has 11 heteroatoms. The Hall–Kier alpha value is -2.23. The SMILES string of the molecule is CCCCCC(NC=NN)NC(=O)C(Cc1cc(Cl)c(OCCCN)c(Cl)c1)=NO. The van der Waals surface area contributed by atoms with Gasteiger partial charge in [-0.2, -0.15) is 5.10 Å². The normalized spacial score (nSPS) is 12.7. The van der Waals surface area contributed by atoms with E-state index in [1.54, 1.807) is 12.1 Å². The van der Waals surface area contributed by atoms with E-state index in [0.717, 1.165) is 19.3 Å². The van der Waals surface area contributed by atoms with Gasteiger partial charge in [-0.15, -0.1) is 0 Å². The Morgan fingerprint density at radius 2 is 2.00 bits per heavy atom. The number of nitrogens with one attached hydrogen (secondary N) is 2. The lowest BCUT2D eigenvalue weighted by Gasteiger charge is -2.19. The first-order valence-corrected chi connectivity index (χ1v) is 10.5. The lowest BCUT2D eigenvalue weighted by Crippen LogP contribution is -2.47. The van der Waals surface area contributed by atoms with E-state index in [1.807, 2.05) is 0 Å². The molecule has 0 bridgehead atoms. The lowest BCUT2D eigenvalue weighted by atomic mass is 10.1. The largest absolute Gasteiger partial charge is 0.490 e. The van der Waals surface area contributed by atoms with Gasteiger partial charge in [0.2, 0.25) is 0 Å². The number of benzene rings is 1. The fourth-order valence-corrected chi connectivity index (χ4v) is 3.28. The van der Waals surface area contributed by atoms with Gasteiger partial charge < -0.3 is 32.2 Å². The van der Waals surface area contributed by atoms with Crippen LogP contribution in [-0.2, 0) is 11.2 Å². The molecule has 1 aromatic rings. The zero-order valence-electron chi connectivity index (χ0n) is 17.0. The highest BCUT2D eigenvalue weighted by Gasteiger charge is 2.19. The molecule has 0 aliphatic carbocycles. The third-order valence-electron chi connectivity index (χ3n) is 4.16. The molecule has 0 aliphatic heterocycles. The fraction of sp³-hybridized carbons (Fsp3) is 0.526. The maximum Gasteiger partial charge on any atom is 0.271 e. The smallest absolute Gasteiger partial charge is 0.271 e. The van der Waals surface area contributed by atoms with Crippen LogP contribution in [0.1, 0.15) is 44.6 Å². The van der Waals surface area contributed by atoms with Gasteiger partial charge in [-0.1, -0.05) is 48.1 Å². The Labute approximate surface area is 186 Å². The first-order chi connectivity index (χ1) is 14.5. The third kappa shape index (κ3) is 9.06. The summed E-state index contributed by atoms with van der Waals surface area (Å²) in [5.41, 5.74) is 5.95. The summed E-state index contributed by atoms with van der Waals surface area (Å²) in [4.78, 5) is 12.6. The van der Waals surface area contributed by atoms with Gasteiger partial charge in [-0.25, -0.2) is 0 Å².